The number of halogens is 4. The van der Waals surface area contributed by atoms with E-state index in [1.165, 1.54) is 0 Å². The van der Waals surface area contributed by atoms with Crippen LogP contribution in [0.4, 0.5) is 23.2 Å². The summed E-state index contributed by atoms with van der Waals surface area (Å²) in [6.45, 7) is 0.960. The molecule has 1 rings (SSSR count). The maximum absolute atomic E-state index is 12.8. The van der Waals surface area contributed by atoms with Crippen molar-refractivity contribution < 1.29 is 22.4 Å². The van der Waals surface area contributed by atoms with Gasteiger partial charge < -0.3 is 5.73 Å². The Hall–Kier alpha value is -1.59. The zero-order valence-corrected chi connectivity index (χ0v) is 7.65. The summed E-state index contributed by atoms with van der Waals surface area (Å²) >= 11 is 0. The number of nitrogen functional groups attached to an aromatic ring is 1. The van der Waals surface area contributed by atoms with E-state index in [0.29, 0.717) is 0 Å². The van der Waals surface area contributed by atoms with E-state index >= 15 is 0 Å². The molecule has 1 aromatic carbocycles. The second-order valence-electron chi connectivity index (χ2n) is 2.94. The quantitative estimate of drug-likeness (QED) is 0.450. The zero-order valence-electron chi connectivity index (χ0n) is 7.65. The molecule has 0 fully saturated rings. The second-order valence-corrected chi connectivity index (χ2v) is 2.94. The lowest BCUT2D eigenvalue weighted by Gasteiger charge is -2.13. The van der Waals surface area contributed by atoms with Crippen molar-refractivity contribution in [2.75, 3.05) is 5.73 Å². The van der Waals surface area contributed by atoms with Crippen LogP contribution in [-0.4, -0.2) is 5.78 Å². The number of alkyl halides is 3. The lowest BCUT2D eigenvalue weighted by Crippen LogP contribution is -2.15. The van der Waals surface area contributed by atoms with Gasteiger partial charge in [-0.15, -0.1) is 0 Å². The Morgan fingerprint density at radius 2 is 1.87 bits per heavy atom. The molecular weight excluding hydrogens is 214 g/mol. The molecule has 0 saturated carbocycles. The van der Waals surface area contributed by atoms with Crippen LogP contribution in [0.5, 0.6) is 0 Å². The number of hydrogen-bond donors (Lipinski definition) is 1. The van der Waals surface area contributed by atoms with Crippen molar-refractivity contribution in [3.05, 3.63) is 29.1 Å². The van der Waals surface area contributed by atoms with Gasteiger partial charge in [-0.05, 0) is 19.1 Å². The van der Waals surface area contributed by atoms with Crippen molar-refractivity contribution in [2.45, 2.75) is 13.1 Å². The van der Waals surface area contributed by atoms with Crippen LogP contribution in [0.25, 0.3) is 0 Å². The first-order valence-corrected chi connectivity index (χ1v) is 3.91. The van der Waals surface area contributed by atoms with E-state index in [-0.39, 0.29) is 0 Å². The van der Waals surface area contributed by atoms with Gasteiger partial charge in [0.25, 0.3) is 0 Å². The SMILES string of the molecule is CC(=O)c1ccc(F)c(N)c1C(F)(F)F. The Morgan fingerprint density at radius 3 is 2.27 bits per heavy atom. The maximum atomic E-state index is 12.8. The molecule has 15 heavy (non-hydrogen) atoms. The number of anilines is 1. The van der Waals surface area contributed by atoms with Gasteiger partial charge >= 0.3 is 6.18 Å². The van der Waals surface area contributed by atoms with Crippen molar-refractivity contribution in [3.63, 3.8) is 0 Å². The number of hydrogen-bond acceptors (Lipinski definition) is 2. The fraction of sp³-hybridized carbons (Fsp3) is 0.222. The van der Waals surface area contributed by atoms with Crippen LogP contribution in [0.2, 0.25) is 0 Å². The first kappa shape index (κ1) is 11.5. The molecule has 2 nitrogen and oxygen atoms in total. The minimum Gasteiger partial charge on any atom is -0.396 e. The van der Waals surface area contributed by atoms with E-state index in [9.17, 15) is 22.4 Å². The number of Topliss-reactive ketones (excluding diaryl/α,β-unsaturated/α-hetero) is 1. The lowest BCUT2D eigenvalue weighted by molar-refractivity contribution is -0.137. The van der Waals surface area contributed by atoms with Crippen molar-refractivity contribution in [1.29, 1.82) is 0 Å². The Morgan fingerprint density at radius 1 is 1.33 bits per heavy atom. The van der Waals surface area contributed by atoms with Crippen molar-refractivity contribution in [2.24, 2.45) is 0 Å². The summed E-state index contributed by atoms with van der Waals surface area (Å²) in [5.74, 6) is -2.00. The summed E-state index contributed by atoms with van der Waals surface area (Å²) in [6.07, 6.45) is -4.84. The summed E-state index contributed by atoms with van der Waals surface area (Å²) in [4.78, 5) is 10.9. The molecule has 0 atom stereocenters. The molecule has 0 amide bonds. The Balaban J connectivity index is 3.57. The first-order chi connectivity index (χ1) is 6.75. The van der Waals surface area contributed by atoms with Gasteiger partial charge in [-0.3, -0.25) is 4.79 Å². The van der Waals surface area contributed by atoms with E-state index in [2.05, 4.69) is 0 Å². The number of carbonyl (C=O) groups excluding carboxylic acids is 1. The van der Waals surface area contributed by atoms with E-state index in [4.69, 9.17) is 5.73 Å². The van der Waals surface area contributed by atoms with E-state index in [1.54, 1.807) is 0 Å². The monoisotopic (exact) mass is 221 g/mol. The highest BCUT2D eigenvalue weighted by atomic mass is 19.4. The molecule has 1 aromatic rings. The van der Waals surface area contributed by atoms with E-state index < -0.39 is 34.6 Å². The van der Waals surface area contributed by atoms with Gasteiger partial charge in [0.1, 0.15) is 5.82 Å². The molecule has 0 aliphatic carbocycles. The normalized spacial score (nSPS) is 11.5. The van der Waals surface area contributed by atoms with Gasteiger partial charge in [0.05, 0.1) is 11.3 Å². The number of benzene rings is 1. The van der Waals surface area contributed by atoms with Crippen LogP contribution >= 0.6 is 0 Å². The topological polar surface area (TPSA) is 43.1 Å². The molecule has 6 heteroatoms. The highest BCUT2D eigenvalue weighted by Gasteiger charge is 2.37. The molecular formula is C9H7F4NO. The third kappa shape index (κ3) is 2.08. The van der Waals surface area contributed by atoms with Crippen molar-refractivity contribution >= 4 is 11.5 Å². The Kier molecular flexibility index (Phi) is 2.70. The van der Waals surface area contributed by atoms with Gasteiger partial charge in [-0.2, -0.15) is 13.2 Å². The molecule has 0 bridgehead atoms. The molecule has 82 valence electrons. The fourth-order valence-corrected chi connectivity index (χ4v) is 1.19. The fourth-order valence-electron chi connectivity index (χ4n) is 1.19. The summed E-state index contributed by atoms with van der Waals surface area (Å²) in [6, 6.07) is 1.51. The summed E-state index contributed by atoms with van der Waals surface area (Å²) in [5, 5.41) is 0. The summed E-state index contributed by atoms with van der Waals surface area (Å²) in [5.41, 5.74) is 1.88. The standard InChI is InChI=1S/C9H7F4NO/c1-4(15)5-2-3-6(10)8(14)7(5)9(11,12)13/h2-3H,14H2,1H3. The first-order valence-electron chi connectivity index (χ1n) is 3.91. The van der Waals surface area contributed by atoms with Crippen LogP contribution in [0.15, 0.2) is 12.1 Å². The number of ketones is 1. The molecule has 0 aromatic heterocycles. The third-order valence-electron chi connectivity index (χ3n) is 1.86. The average Bonchev–Trinajstić information content (AvgIpc) is 2.06. The average molecular weight is 221 g/mol. The Bertz CT molecular complexity index is 411. The smallest absolute Gasteiger partial charge is 0.396 e. The third-order valence-corrected chi connectivity index (χ3v) is 1.86. The summed E-state index contributed by atoms with van der Waals surface area (Å²) in [7, 11) is 0. The minimum atomic E-state index is -4.84. The number of nitrogens with two attached hydrogens (primary N) is 1. The van der Waals surface area contributed by atoms with Gasteiger partial charge in [0.2, 0.25) is 0 Å². The molecule has 0 spiro atoms. The predicted molar refractivity (Wildman–Crippen MR) is 45.8 cm³/mol. The minimum absolute atomic E-state index is 0.624. The number of carbonyl (C=O) groups is 1. The molecule has 2 N–H and O–H groups in total. The summed E-state index contributed by atoms with van der Waals surface area (Å²) < 4.78 is 50.2. The van der Waals surface area contributed by atoms with Crippen LogP contribution in [0.1, 0.15) is 22.8 Å². The second kappa shape index (κ2) is 3.52. The molecule has 0 aliphatic heterocycles. The van der Waals surface area contributed by atoms with Crippen LogP contribution in [0.3, 0.4) is 0 Å². The highest BCUT2D eigenvalue weighted by molar-refractivity contribution is 5.97. The van der Waals surface area contributed by atoms with Crippen molar-refractivity contribution in [3.8, 4) is 0 Å². The molecule has 0 saturated heterocycles. The number of rotatable bonds is 1. The van der Waals surface area contributed by atoms with Gasteiger partial charge in [-0.1, -0.05) is 0 Å². The van der Waals surface area contributed by atoms with Gasteiger partial charge in [0.15, 0.2) is 5.78 Å². The van der Waals surface area contributed by atoms with E-state index in [0.717, 1.165) is 19.1 Å². The molecule has 0 radical (unpaired) electrons. The highest BCUT2D eigenvalue weighted by Crippen LogP contribution is 2.37. The van der Waals surface area contributed by atoms with Gasteiger partial charge in [0, 0.05) is 5.56 Å². The molecule has 0 unspecified atom stereocenters. The van der Waals surface area contributed by atoms with Gasteiger partial charge in [-0.25, -0.2) is 4.39 Å². The molecule has 0 aliphatic rings. The maximum Gasteiger partial charge on any atom is 0.419 e. The van der Waals surface area contributed by atoms with Crippen LogP contribution < -0.4 is 5.73 Å². The predicted octanol–water partition coefficient (Wildman–Crippen LogP) is 2.63. The van der Waals surface area contributed by atoms with E-state index in [1.807, 2.05) is 0 Å². The van der Waals surface area contributed by atoms with Crippen LogP contribution in [-0.2, 0) is 6.18 Å². The lowest BCUT2D eigenvalue weighted by atomic mass is 10.0. The van der Waals surface area contributed by atoms with Crippen molar-refractivity contribution in [1.82, 2.24) is 0 Å². The molecule has 0 heterocycles. The zero-order chi connectivity index (χ0) is 11.8. The Labute approximate surface area is 82.7 Å². The largest absolute Gasteiger partial charge is 0.419 e. The van der Waals surface area contributed by atoms with Crippen LogP contribution in [0, 0.1) is 5.82 Å².